The largest absolute Gasteiger partial charge is 0.384 e. The number of nitrogens with two attached hydrogens (primary N) is 1. The Morgan fingerprint density at radius 1 is 1.29 bits per heavy atom. The van der Waals surface area contributed by atoms with Crippen LogP contribution in [0.5, 0.6) is 0 Å². The summed E-state index contributed by atoms with van der Waals surface area (Å²) in [4.78, 5) is 3.88. The molecule has 17 heavy (non-hydrogen) atoms. The topological polar surface area (TPSA) is 62.7 Å². The molecule has 0 saturated carbocycles. The predicted molar refractivity (Wildman–Crippen MR) is 66.5 cm³/mol. The second-order valence-corrected chi connectivity index (χ2v) is 4.31. The van der Waals surface area contributed by atoms with Gasteiger partial charge < -0.3 is 5.73 Å². The maximum absolute atomic E-state index is 13.8. The fourth-order valence-electron chi connectivity index (χ4n) is 1.49. The van der Waals surface area contributed by atoms with E-state index in [1.807, 2.05) is 6.07 Å². The lowest BCUT2D eigenvalue weighted by Gasteiger charge is -2.06. The Morgan fingerprint density at radius 2 is 2.06 bits per heavy atom. The van der Waals surface area contributed by atoms with Crippen molar-refractivity contribution in [2.45, 2.75) is 0 Å². The molecular weight excluding hydrogens is 285 g/mol. The second kappa shape index (κ2) is 4.52. The number of benzene rings is 1. The molecule has 0 bridgehead atoms. The molecule has 2 aromatic rings. The van der Waals surface area contributed by atoms with Crippen molar-refractivity contribution in [2.75, 3.05) is 5.73 Å². The summed E-state index contributed by atoms with van der Waals surface area (Å²) in [5.41, 5.74) is 6.55. The zero-order valence-corrected chi connectivity index (χ0v) is 10.2. The highest BCUT2D eigenvalue weighted by Crippen LogP contribution is 2.28. The van der Waals surface area contributed by atoms with E-state index < -0.39 is 5.82 Å². The molecule has 0 saturated heterocycles. The molecule has 1 aromatic carbocycles. The number of halogens is 2. The SMILES string of the molecule is N#Cc1cc(N)ncc1-c1ccc(Br)cc1F. The van der Waals surface area contributed by atoms with Crippen LogP contribution in [0.1, 0.15) is 5.56 Å². The number of hydrogen-bond donors (Lipinski definition) is 1. The van der Waals surface area contributed by atoms with Crippen LogP contribution < -0.4 is 5.73 Å². The molecule has 0 aliphatic rings. The molecule has 0 spiro atoms. The Morgan fingerprint density at radius 3 is 2.71 bits per heavy atom. The molecule has 0 amide bonds. The van der Waals surface area contributed by atoms with E-state index in [-0.39, 0.29) is 5.82 Å². The van der Waals surface area contributed by atoms with Gasteiger partial charge >= 0.3 is 0 Å². The van der Waals surface area contributed by atoms with Gasteiger partial charge in [-0.3, -0.25) is 0 Å². The van der Waals surface area contributed by atoms with Crippen molar-refractivity contribution >= 4 is 21.7 Å². The Bertz CT molecular complexity index is 620. The number of anilines is 1. The van der Waals surface area contributed by atoms with E-state index in [0.29, 0.717) is 21.2 Å². The minimum absolute atomic E-state index is 0.239. The lowest BCUT2D eigenvalue weighted by atomic mass is 10.0. The number of hydrogen-bond acceptors (Lipinski definition) is 3. The van der Waals surface area contributed by atoms with E-state index in [2.05, 4.69) is 20.9 Å². The van der Waals surface area contributed by atoms with Gasteiger partial charge in [0.25, 0.3) is 0 Å². The molecule has 1 aromatic heterocycles. The zero-order chi connectivity index (χ0) is 12.4. The summed E-state index contributed by atoms with van der Waals surface area (Å²) in [5.74, 6) is -0.176. The van der Waals surface area contributed by atoms with Crippen LogP contribution in [0, 0.1) is 17.1 Å². The minimum atomic E-state index is -0.414. The first-order chi connectivity index (χ1) is 8.11. The average Bonchev–Trinajstić information content (AvgIpc) is 2.30. The van der Waals surface area contributed by atoms with Gasteiger partial charge in [-0.1, -0.05) is 22.0 Å². The van der Waals surface area contributed by atoms with Gasteiger partial charge in [-0.15, -0.1) is 0 Å². The van der Waals surface area contributed by atoms with Crippen molar-refractivity contribution < 1.29 is 4.39 Å². The Labute approximate surface area is 106 Å². The molecule has 84 valence electrons. The van der Waals surface area contributed by atoms with Crippen molar-refractivity contribution in [1.82, 2.24) is 4.98 Å². The molecule has 1 heterocycles. The first-order valence-electron chi connectivity index (χ1n) is 4.73. The molecule has 0 unspecified atom stereocenters. The van der Waals surface area contributed by atoms with Crippen LogP contribution in [-0.4, -0.2) is 4.98 Å². The third kappa shape index (κ3) is 2.27. The van der Waals surface area contributed by atoms with Crippen molar-refractivity contribution in [1.29, 1.82) is 5.26 Å². The van der Waals surface area contributed by atoms with Gasteiger partial charge in [0.05, 0.1) is 11.6 Å². The van der Waals surface area contributed by atoms with Crippen LogP contribution in [-0.2, 0) is 0 Å². The zero-order valence-electron chi connectivity index (χ0n) is 8.61. The summed E-state index contributed by atoms with van der Waals surface area (Å²) < 4.78 is 14.4. The molecule has 0 aliphatic carbocycles. The van der Waals surface area contributed by atoms with Crippen molar-refractivity contribution in [3.05, 3.63) is 46.3 Å². The number of nitrogens with zero attached hydrogens (tertiary/aromatic N) is 2. The fraction of sp³-hybridized carbons (Fsp3) is 0. The van der Waals surface area contributed by atoms with E-state index in [4.69, 9.17) is 11.0 Å². The summed E-state index contributed by atoms with van der Waals surface area (Å²) >= 11 is 3.18. The van der Waals surface area contributed by atoms with Crippen molar-refractivity contribution in [3.8, 4) is 17.2 Å². The summed E-state index contributed by atoms with van der Waals surface area (Å²) in [6.07, 6.45) is 1.40. The monoisotopic (exact) mass is 291 g/mol. The molecule has 0 aliphatic heterocycles. The fourth-order valence-corrected chi connectivity index (χ4v) is 1.82. The third-order valence-corrected chi connectivity index (χ3v) is 2.76. The smallest absolute Gasteiger partial charge is 0.132 e. The number of nitrogen functional groups attached to an aromatic ring is 1. The first-order valence-corrected chi connectivity index (χ1v) is 5.52. The summed E-state index contributed by atoms with van der Waals surface area (Å²) in [7, 11) is 0. The first kappa shape index (κ1) is 11.6. The van der Waals surface area contributed by atoms with E-state index in [1.54, 1.807) is 12.1 Å². The second-order valence-electron chi connectivity index (χ2n) is 3.39. The number of nitriles is 1. The van der Waals surface area contributed by atoms with Crippen molar-refractivity contribution in [3.63, 3.8) is 0 Å². The highest BCUT2D eigenvalue weighted by atomic mass is 79.9. The van der Waals surface area contributed by atoms with Gasteiger partial charge in [-0.05, 0) is 18.2 Å². The quantitative estimate of drug-likeness (QED) is 0.878. The van der Waals surface area contributed by atoms with Gasteiger partial charge in [-0.2, -0.15) is 5.26 Å². The van der Waals surface area contributed by atoms with Crippen LogP contribution >= 0.6 is 15.9 Å². The van der Waals surface area contributed by atoms with Gasteiger partial charge in [0, 0.05) is 21.8 Å². The summed E-state index contributed by atoms with van der Waals surface area (Å²) in [5, 5.41) is 8.98. The molecule has 0 radical (unpaired) electrons. The standard InChI is InChI=1S/C12H7BrFN3/c13-8-1-2-9(11(14)4-8)10-6-17-12(16)3-7(10)5-15/h1-4,6H,(H2,16,17). The normalized spacial score (nSPS) is 9.94. The lowest BCUT2D eigenvalue weighted by Crippen LogP contribution is -1.95. The van der Waals surface area contributed by atoms with Crippen LogP contribution in [0.4, 0.5) is 10.2 Å². The molecular formula is C12H7BrFN3. The third-order valence-electron chi connectivity index (χ3n) is 2.27. The Balaban J connectivity index is 2.65. The molecule has 2 N–H and O–H groups in total. The van der Waals surface area contributed by atoms with Crippen LogP contribution in [0.3, 0.4) is 0 Å². The van der Waals surface area contributed by atoms with Gasteiger partial charge in [-0.25, -0.2) is 9.37 Å². The molecule has 0 fully saturated rings. The highest BCUT2D eigenvalue weighted by molar-refractivity contribution is 9.10. The van der Waals surface area contributed by atoms with Gasteiger partial charge in [0.15, 0.2) is 0 Å². The lowest BCUT2D eigenvalue weighted by molar-refractivity contribution is 0.630. The molecule has 5 heteroatoms. The summed E-state index contributed by atoms with van der Waals surface area (Å²) in [6, 6.07) is 8.04. The molecule has 2 rings (SSSR count). The summed E-state index contributed by atoms with van der Waals surface area (Å²) in [6.45, 7) is 0. The van der Waals surface area contributed by atoms with Crippen LogP contribution in [0.25, 0.3) is 11.1 Å². The van der Waals surface area contributed by atoms with E-state index >= 15 is 0 Å². The van der Waals surface area contributed by atoms with E-state index in [0.717, 1.165) is 0 Å². The molecule has 3 nitrogen and oxygen atoms in total. The van der Waals surface area contributed by atoms with Crippen LogP contribution in [0.2, 0.25) is 0 Å². The average molecular weight is 292 g/mol. The highest BCUT2D eigenvalue weighted by Gasteiger charge is 2.11. The minimum Gasteiger partial charge on any atom is -0.384 e. The Hall–Kier alpha value is -1.93. The Kier molecular flexibility index (Phi) is 3.07. The number of pyridine rings is 1. The number of aromatic nitrogens is 1. The van der Waals surface area contributed by atoms with Gasteiger partial charge in [0.2, 0.25) is 0 Å². The van der Waals surface area contributed by atoms with Crippen LogP contribution in [0.15, 0.2) is 34.9 Å². The maximum Gasteiger partial charge on any atom is 0.132 e. The van der Waals surface area contributed by atoms with Crippen molar-refractivity contribution in [2.24, 2.45) is 0 Å². The van der Waals surface area contributed by atoms with Gasteiger partial charge in [0.1, 0.15) is 11.6 Å². The maximum atomic E-state index is 13.8. The van der Waals surface area contributed by atoms with E-state index in [1.165, 1.54) is 18.3 Å². The van der Waals surface area contributed by atoms with E-state index in [9.17, 15) is 4.39 Å². The number of rotatable bonds is 1. The predicted octanol–water partition coefficient (Wildman–Crippen LogP) is 3.10. The molecule has 0 atom stereocenters.